The molecular weight excluding hydrogens is 214 g/mol. The molecule has 0 atom stereocenters. The minimum Gasteiger partial charge on any atom is -0.466 e. The first-order valence-electron chi connectivity index (χ1n) is 4.36. The maximum atomic E-state index is 11.7. The van der Waals surface area contributed by atoms with Crippen molar-refractivity contribution in [1.29, 1.82) is 0 Å². The van der Waals surface area contributed by atoms with E-state index in [-0.39, 0.29) is 11.0 Å². The van der Waals surface area contributed by atoms with Crippen LogP contribution in [-0.4, -0.2) is 11.0 Å². The predicted octanol–water partition coefficient (Wildman–Crippen LogP) is 0.683. The molecule has 0 bridgehead atoms. The van der Waals surface area contributed by atoms with Gasteiger partial charge in [0.1, 0.15) is 11.5 Å². The van der Waals surface area contributed by atoms with Gasteiger partial charge < -0.3 is 10.2 Å². The van der Waals surface area contributed by atoms with E-state index < -0.39 is 0 Å². The second kappa shape index (κ2) is 4.31. The summed E-state index contributed by atoms with van der Waals surface area (Å²) in [6.45, 7) is 5.36. The van der Waals surface area contributed by atoms with Crippen LogP contribution in [0.5, 0.6) is 0 Å². The molecule has 15 heavy (non-hydrogen) atoms. The van der Waals surface area contributed by atoms with Gasteiger partial charge in [-0.1, -0.05) is 0 Å². The van der Waals surface area contributed by atoms with Crippen LogP contribution < -0.4 is 16.6 Å². The lowest BCUT2D eigenvalue weighted by molar-refractivity contribution is 0.0942. The van der Waals surface area contributed by atoms with Gasteiger partial charge in [-0.2, -0.15) is 0 Å². The van der Waals surface area contributed by atoms with E-state index >= 15 is 0 Å². The molecule has 1 rings (SSSR count). The minimum absolute atomic E-state index is 0.0128. The summed E-state index contributed by atoms with van der Waals surface area (Å²) in [5, 5.41) is 0.0128. The zero-order valence-electron chi connectivity index (χ0n) is 8.80. The summed E-state index contributed by atoms with van der Waals surface area (Å²) in [5.41, 5.74) is 11.3. The van der Waals surface area contributed by atoms with Crippen molar-refractivity contribution >= 4 is 23.2 Å². The molecule has 0 aliphatic heterocycles. The molecule has 1 aromatic heterocycles. The molecule has 0 unspecified atom stereocenters. The maximum absolute atomic E-state index is 11.7. The summed E-state index contributed by atoms with van der Waals surface area (Å²) in [7, 11) is 0. The van der Waals surface area contributed by atoms with Gasteiger partial charge in [-0.25, -0.2) is 0 Å². The average molecular weight is 227 g/mol. The zero-order chi connectivity index (χ0) is 11.6. The molecule has 1 heterocycles. The quantitative estimate of drug-likeness (QED) is 0.485. The molecule has 0 aromatic carbocycles. The lowest BCUT2D eigenvalue weighted by Crippen LogP contribution is -2.44. The Labute approximate surface area is 93.0 Å². The molecule has 6 heteroatoms. The summed E-state index contributed by atoms with van der Waals surface area (Å²) in [6.07, 6.45) is 0. The smallest absolute Gasteiger partial charge is 0.273 e. The lowest BCUT2D eigenvalue weighted by atomic mass is 10.1. The Balaban J connectivity index is 2.86. The third-order valence-electron chi connectivity index (χ3n) is 2.09. The number of carbonyl (C=O) groups is 1. The van der Waals surface area contributed by atoms with Crippen molar-refractivity contribution in [2.24, 2.45) is 5.73 Å². The SMILES string of the molecule is Cc1oc(C)c(C(=O)NNC(N)=S)c1C. The number of furan rings is 1. The molecule has 1 amide bonds. The first-order valence-corrected chi connectivity index (χ1v) is 4.76. The second-order valence-corrected chi connectivity index (χ2v) is 3.60. The fourth-order valence-electron chi connectivity index (χ4n) is 1.31. The molecule has 5 nitrogen and oxygen atoms in total. The number of hydrogen-bond acceptors (Lipinski definition) is 3. The van der Waals surface area contributed by atoms with Crippen molar-refractivity contribution in [2.45, 2.75) is 20.8 Å². The highest BCUT2D eigenvalue weighted by molar-refractivity contribution is 7.80. The van der Waals surface area contributed by atoms with Gasteiger partial charge in [0.05, 0.1) is 5.56 Å². The molecule has 0 saturated carbocycles. The number of nitrogens with one attached hydrogen (secondary N) is 2. The van der Waals surface area contributed by atoms with Crippen molar-refractivity contribution in [2.75, 3.05) is 0 Å². The second-order valence-electron chi connectivity index (χ2n) is 3.16. The number of hydrazine groups is 1. The topological polar surface area (TPSA) is 80.3 Å². The van der Waals surface area contributed by atoms with Crippen LogP contribution in [-0.2, 0) is 0 Å². The Hall–Kier alpha value is -1.56. The molecule has 0 fully saturated rings. The Morgan fingerprint density at radius 3 is 2.27 bits per heavy atom. The van der Waals surface area contributed by atoms with Crippen LogP contribution in [0.25, 0.3) is 0 Å². The van der Waals surface area contributed by atoms with Gasteiger partial charge in [-0.3, -0.25) is 15.6 Å². The van der Waals surface area contributed by atoms with E-state index in [2.05, 4.69) is 23.1 Å². The number of rotatable bonds is 1. The van der Waals surface area contributed by atoms with Gasteiger partial charge in [0.15, 0.2) is 5.11 Å². The molecule has 82 valence electrons. The Morgan fingerprint density at radius 1 is 1.27 bits per heavy atom. The zero-order valence-corrected chi connectivity index (χ0v) is 9.62. The van der Waals surface area contributed by atoms with E-state index in [0.717, 1.165) is 11.3 Å². The molecule has 0 spiro atoms. The molecule has 4 N–H and O–H groups in total. The van der Waals surface area contributed by atoms with E-state index in [1.807, 2.05) is 6.92 Å². The van der Waals surface area contributed by atoms with Crippen molar-refractivity contribution in [3.05, 3.63) is 22.6 Å². The van der Waals surface area contributed by atoms with Crippen LogP contribution >= 0.6 is 12.2 Å². The highest BCUT2D eigenvalue weighted by atomic mass is 32.1. The molecule has 1 aromatic rings. The first-order chi connectivity index (χ1) is 6.93. The van der Waals surface area contributed by atoms with Gasteiger partial charge in [0, 0.05) is 5.56 Å². The van der Waals surface area contributed by atoms with Gasteiger partial charge in [0.25, 0.3) is 5.91 Å². The Bertz CT molecular complexity index is 412. The summed E-state index contributed by atoms with van der Waals surface area (Å²) < 4.78 is 5.32. The van der Waals surface area contributed by atoms with E-state index in [4.69, 9.17) is 10.2 Å². The number of amides is 1. The largest absolute Gasteiger partial charge is 0.466 e. The van der Waals surface area contributed by atoms with Gasteiger partial charge in [-0.15, -0.1) is 0 Å². The van der Waals surface area contributed by atoms with E-state index in [0.29, 0.717) is 11.3 Å². The van der Waals surface area contributed by atoms with Gasteiger partial charge in [0.2, 0.25) is 0 Å². The summed E-state index contributed by atoms with van der Waals surface area (Å²) in [5.74, 6) is 0.995. The van der Waals surface area contributed by atoms with Crippen molar-refractivity contribution in [1.82, 2.24) is 10.9 Å². The monoisotopic (exact) mass is 227 g/mol. The molecular formula is C9H13N3O2S. The third-order valence-corrected chi connectivity index (χ3v) is 2.19. The maximum Gasteiger partial charge on any atom is 0.273 e. The molecule has 0 radical (unpaired) electrons. The van der Waals surface area contributed by atoms with Crippen molar-refractivity contribution in [3.63, 3.8) is 0 Å². The van der Waals surface area contributed by atoms with Crippen LogP contribution in [0.4, 0.5) is 0 Å². The van der Waals surface area contributed by atoms with Crippen LogP contribution in [0, 0.1) is 20.8 Å². The predicted molar refractivity (Wildman–Crippen MR) is 60.3 cm³/mol. The minimum atomic E-state index is -0.311. The third kappa shape index (κ3) is 2.47. The highest BCUT2D eigenvalue weighted by Gasteiger charge is 2.18. The molecule has 0 aliphatic rings. The van der Waals surface area contributed by atoms with Crippen LogP contribution in [0.1, 0.15) is 27.4 Å². The molecule has 0 saturated heterocycles. The summed E-state index contributed by atoms with van der Waals surface area (Å²) in [4.78, 5) is 11.7. The van der Waals surface area contributed by atoms with Crippen molar-refractivity contribution < 1.29 is 9.21 Å². The first kappa shape index (κ1) is 11.5. The van der Waals surface area contributed by atoms with Crippen LogP contribution in [0.15, 0.2) is 4.42 Å². The number of aryl methyl sites for hydroxylation is 2. The Kier molecular flexibility index (Phi) is 3.31. The highest BCUT2D eigenvalue weighted by Crippen LogP contribution is 2.19. The normalized spacial score (nSPS) is 9.80. The number of hydrogen-bond donors (Lipinski definition) is 3. The van der Waals surface area contributed by atoms with E-state index in [1.54, 1.807) is 13.8 Å². The fraction of sp³-hybridized carbons (Fsp3) is 0.333. The molecule has 0 aliphatic carbocycles. The summed E-state index contributed by atoms with van der Waals surface area (Å²) in [6, 6.07) is 0. The number of thiocarbonyl (C=S) groups is 1. The van der Waals surface area contributed by atoms with E-state index in [9.17, 15) is 4.79 Å². The van der Waals surface area contributed by atoms with Gasteiger partial charge in [-0.05, 0) is 33.0 Å². The standard InChI is InChI=1S/C9H13N3O2S/c1-4-5(2)14-6(3)7(4)8(13)11-12-9(10)15/h1-3H3,(H,11,13)(H3,10,12,15). The fourth-order valence-corrected chi connectivity index (χ4v) is 1.36. The van der Waals surface area contributed by atoms with E-state index in [1.165, 1.54) is 0 Å². The van der Waals surface area contributed by atoms with Crippen LogP contribution in [0.2, 0.25) is 0 Å². The van der Waals surface area contributed by atoms with Crippen molar-refractivity contribution in [3.8, 4) is 0 Å². The summed E-state index contributed by atoms with van der Waals surface area (Å²) >= 11 is 4.56. The number of carbonyl (C=O) groups excluding carboxylic acids is 1. The van der Waals surface area contributed by atoms with Gasteiger partial charge >= 0.3 is 0 Å². The van der Waals surface area contributed by atoms with Crippen LogP contribution in [0.3, 0.4) is 0 Å². The average Bonchev–Trinajstić information content (AvgIpc) is 2.37. The lowest BCUT2D eigenvalue weighted by Gasteiger charge is -2.05. The Morgan fingerprint density at radius 2 is 1.87 bits per heavy atom. The number of nitrogens with two attached hydrogens (primary N) is 1.